The Morgan fingerprint density at radius 3 is 2.50 bits per heavy atom. The van der Waals surface area contributed by atoms with E-state index in [1.807, 2.05) is 0 Å². The van der Waals surface area contributed by atoms with Gasteiger partial charge in [-0.05, 0) is 22.6 Å². The van der Waals surface area contributed by atoms with Gasteiger partial charge in [-0.2, -0.15) is 4.98 Å². The minimum absolute atomic E-state index is 0.179. The zero-order chi connectivity index (χ0) is 14.1. The van der Waals surface area contributed by atoms with Crippen molar-refractivity contribution >= 4 is 34.2 Å². The van der Waals surface area contributed by atoms with Gasteiger partial charge in [0.25, 0.3) is 0 Å². The molecule has 0 saturated carbocycles. The van der Waals surface area contributed by atoms with Crippen LogP contribution in [0.5, 0.6) is 5.88 Å². The Hall–Kier alpha value is -1.66. The molecule has 18 heavy (non-hydrogen) atoms. The van der Waals surface area contributed by atoms with Crippen LogP contribution in [0, 0.1) is 13.7 Å². The summed E-state index contributed by atoms with van der Waals surface area (Å²) in [6.07, 6.45) is -5.21. The van der Waals surface area contributed by atoms with Gasteiger partial charge in [0, 0.05) is 6.07 Å². The van der Waals surface area contributed by atoms with E-state index in [1.54, 1.807) is 0 Å². The molecule has 1 rings (SSSR count). The molecule has 0 aliphatic heterocycles. The number of aromatic carboxylic acids is 1. The van der Waals surface area contributed by atoms with E-state index in [0.717, 1.165) is 0 Å². The summed E-state index contributed by atoms with van der Waals surface area (Å²) in [6.45, 7) is 0. The highest BCUT2D eigenvalue weighted by Gasteiger charge is 2.36. The quantitative estimate of drug-likeness (QED) is 0.492. The Labute approximate surface area is 110 Å². The second kappa shape index (κ2) is 4.91. The first-order chi connectivity index (χ1) is 8.11. The highest BCUT2D eigenvalue weighted by atomic mass is 127. The third-order valence-corrected chi connectivity index (χ3v) is 2.36. The number of carboxylic acids is 1. The van der Waals surface area contributed by atoms with Gasteiger partial charge in [0.2, 0.25) is 0 Å². The molecular formula is C7H2F3IN2O5. The highest BCUT2D eigenvalue weighted by molar-refractivity contribution is 14.1. The van der Waals surface area contributed by atoms with Crippen LogP contribution in [0.4, 0.5) is 18.9 Å². The van der Waals surface area contributed by atoms with Crippen molar-refractivity contribution in [2.45, 2.75) is 6.36 Å². The molecular weight excluding hydrogens is 376 g/mol. The van der Waals surface area contributed by atoms with Crippen molar-refractivity contribution in [2.75, 3.05) is 0 Å². The average molecular weight is 378 g/mol. The monoisotopic (exact) mass is 378 g/mol. The summed E-state index contributed by atoms with van der Waals surface area (Å²) in [7, 11) is 0. The number of nitro groups is 1. The van der Waals surface area contributed by atoms with Crippen LogP contribution in [0.1, 0.15) is 10.5 Å². The van der Waals surface area contributed by atoms with Gasteiger partial charge >= 0.3 is 23.9 Å². The molecule has 1 aromatic rings. The van der Waals surface area contributed by atoms with Crippen molar-refractivity contribution in [3.8, 4) is 5.88 Å². The molecule has 0 unspecified atom stereocenters. The topological polar surface area (TPSA) is 103 Å². The van der Waals surface area contributed by atoms with Gasteiger partial charge in [-0.1, -0.05) is 0 Å². The van der Waals surface area contributed by atoms with Gasteiger partial charge in [-0.25, -0.2) is 4.79 Å². The number of ether oxygens (including phenoxy) is 1. The molecule has 0 aliphatic rings. The van der Waals surface area contributed by atoms with Crippen LogP contribution in [0.2, 0.25) is 0 Å². The third kappa shape index (κ3) is 3.41. The van der Waals surface area contributed by atoms with Crippen molar-refractivity contribution in [2.24, 2.45) is 0 Å². The minimum Gasteiger partial charge on any atom is -0.476 e. The lowest BCUT2D eigenvalue weighted by molar-refractivity contribution is -0.389. The fraction of sp³-hybridized carbons (Fsp3) is 0.143. The molecule has 0 bridgehead atoms. The average Bonchev–Trinajstić information content (AvgIpc) is 2.17. The fourth-order valence-electron chi connectivity index (χ4n) is 0.928. The maximum Gasteiger partial charge on any atom is 0.574 e. The molecule has 1 aromatic heterocycles. The Morgan fingerprint density at radius 2 is 2.11 bits per heavy atom. The number of aromatic nitrogens is 1. The number of carbonyl (C=O) groups is 1. The molecule has 0 radical (unpaired) electrons. The van der Waals surface area contributed by atoms with E-state index in [9.17, 15) is 28.1 Å². The van der Waals surface area contributed by atoms with Crippen LogP contribution in [0.3, 0.4) is 0 Å². The number of carboxylic acid groups (broad SMARTS) is 1. The van der Waals surface area contributed by atoms with Crippen molar-refractivity contribution in [3.05, 3.63) is 25.4 Å². The molecule has 0 atom stereocenters. The minimum atomic E-state index is -5.21. The van der Waals surface area contributed by atoms with Crippen LogP contribution >= 0.6 is 22.6 Å². The van der Waals surface area contributed by atoms with Crippen LogP contribution in [0.25, 0.3) is 0 Å². The molecule has 0 aromatic carbocycles. The Morgan fingerprint density at radius 1 is 1.56 bits per heavy atom. The lowest BCUT2D eigenvalue weighted by Crippen LogP contribution is -2.20. The van der Waals surface area contributed by atoms with E-state index >= 15 is 0 Å². The second-order valence-electron chi connectivity index (χ2n) is 2.75. The molecule has 98 valence electrons. The molecule has 0 aliphatic carbocycles. The van der Waals surface area contributed by atoms with E-state index in [4.69, 9.17) is 5.11 Å². The lowest BCUT2D eigenvalue weighted by Gasteiger charge is -2.09. The maximum atomic E-state index is 12.0. The molecule has 0 amide bonds. The van der Waals surface area contributed by atoms with Gasteiger partial charge < -0.3 is 9.84 Å². The summed E-state index contributed by atoms with van der Waals surface area (Å²) in [4.78, 5) is 23.0. The first-order valence-electron chi connectivity index (χ1n) is 3.96. The highest BCUT2D eigenvalue weighted by Crippen LogP contribution is 2.32. The summed E-state index contributed by atoms with van der Waals surface area (Å²) >= 11 is 1.40. The zero-order valence-corrected chi connectivity index (χ0v) is 10.2. The molecule has 11 heteroatoms. The largest absolute Gasteiger partial charge is 0.574 e. The normalized spacial score (nSPS) is 11.1. The van der Waals surface area contributed by atoms with Crippen molar-refractivity contribution in [1.29, 1.82) is 0 Å². The molecule has 0 spiro atoms. The Balaban J connectivity index is 3.40. The summed E-state index contributed by atoms with van der Waals surface area (Å²) in [5, 5.41) is 19.2. The smallest absolute Gasteiger partial charge is 0.476 e. The maximum absolute atomic E-state index is 12.0. The van der Waals surface area contributed by atoms with Crippen LogP contribution in [-0.2, 0) is 0 Å². The molecule has 1 heterocycles. The lowest BCUT2D eigenvalue weighted by atomic mass is 10.3. The number of hydrogen-bond donors (Lipinski definition) is 1. The number of alkyl halides is 3. The van der Waals surface area contributed by atoms with Crippen molar-refractivity contribution < 1.29 is 32.7 Å². The van der Waals surface area contributed by atoms with E-state index in [1.165, 1.54) is 22.6 Å². The summed E-state index contributed by atoms with van der Waals surface area (Å²) in [5.74, 6) is -3.04. The first-order valence-corrected chi connectivity index (χ1v) is 5.03. The van der Waals surface area contributed by atoms with Crippen LogP contribution in [0.15, 0.2) is 6.07 Å². The Bertz CT molecular complexity index is 519. The Kier molecular flexibility index (Phi) is 3.93. The zero-order valence-electron chi connectivity index (χ0n) is 8.06. The second-order valence-corrected chi connectivity index (χ2v) is 3.92. The van der Waals surface area contributed by atoms with Gasteiger partial charge in [-0.3, -0.25) is 10.1 Å². The number of nitrogens with zero attached hydrogens (tertiary/aromatic N) is 2. The van der Waals surface area contributed by atoms with Crippen LogP contribution in [-0.4, -0.2) is 27.3 Å². The molecule has 7 nitrogen and oxygen atoms in total. The standard InChI is InChI=1S/C7H2F3IN2O5/c8-7(9,10)18-5-3(13(16)17)1-2(11)4(12-5)6(14)15/h1H,(H,14,15). The molecule has 1 N–H and O–H groups in total. The first kappa shape index (κ1) is 14.4. The van der Waals surface area contributed by atoms with E-state index in [0.29, 0.717) is 6.07 Å². The number of pyridine rings is 1. The molecule has 0 saturated heterocycles. The van der Waals surface area contributed by atoms with E-state index in [2.05, 4.69) is 9.72 Å². The van der Waals surface area contributed by atoms with Gasteiger partial charge in [0.1, 0.15) is 0 Å². The van der Waals surface area contributed by atoms with Gasteiger partial charge in [0.05, 0.1) is 8.49 Å². The van der Waals surface area contributed by atoms with E-state index in [-0.39, 0.29) is 3.57 Å². The number of hydrogen-bond acceptors (Lipinski definition) is 5. The summed E-state index contributed by atoms with van der Waals surface area (Å²) in [6, 6.07) is 0.637. The number of halogens is 4. The summed E-state index contributed by atoms with van der Waals surface area (Å²) in [5.41, 5.74) is -1.83. The van der Waals surface area contributed by atoms with Crippen molar-refractivity contribution in [3.63, 3.8) is 0 Å². The molecule has 0 fully saturated rings. The predicted molar refractivity (Wildman–Crippen MR) is 57.3 cm³/mol. The van der Waals surface area contributed by atoms with Gasteiger partial charge in [0.15, 0.2) is 5.69 Å². The fourth-order valence-corrected chi connectivity index (χ4v) is 1.57. The van der Waals surface area contributed by atoms with Crippen molar-refractivity contribution in [1.82, 2.24) is 4.98 Å². The van der Waals surface area contributed by atoms with E-state index < -0.39 is 34.5 Å². The van der Waals surface area contributed by atoms with Crippen LogP contribution < -0.4 is 4.74 Å². The predicted octanol–water partition coefficient (Wildman–Crippen LogP) is 2.19. The summed E-state index contributed by atoms with van der Waals surface area (Å²) < 4.78 is 39.1. The van der Waals surface area contributed by atoms with Gasteiger partial charge in [-0.15, -0.1) is 13.2 Å². The SMILES string of the molecule is O=C(O)c1nc(OC(F)(F)F)c([N+](=O)[O-])cc1I. The third-order valence-electron chi connectivity index (χ3n) is 1.53. The number of rotatable bonds is 3.